The number of benzene rings is 1. The number of hydrogen-bond donors (Lipinski definition) is 2. The van der Waals surface area contributed by atoms with Gasteiger partial charge in [-0.2, -0.15) is 0 Å². The van der Waals surface area contributed by atoms with Crippen molar-refractivity contribution in [2.45, 2.75) is 30.6 Å². The fourth-order valence-electron chi connectivity index (χ4n) is 1.83. The molecule has 0 spiro atoms. The van der Waals surface area contributed by atoms with Crippen LogP contribution in [0.15, 0.2) is 34.0 Å². The lowest BCUT2D eigenvalue weighted by Gasteiger charge is -2.06. The van der Waals surface area contributed by atoms with E-state index >= 15 is 0 Å². The van der Waals surface area contributed by atoms with E-state index in [1.807, 2.05) is 19.2 Å². The Morgan fingerprint density at radius 1 is 1.25 bits per heavy atom. The second-order valence-electron chi connectivity index (χ2n) is 5.35. The number of halogens is 1. The second-order valence-corrected chi connectivity index (χ2v) is 7.86. The highest BCUT2D eigenvalue weighted by Crippen LogP contribution is 2.23. The maximum Gasteiger partial charge on any atom is 0.234 e. The smallest absolute Gasteiger partial charge is 0.234 e. The van der Waals surface area contributed by atoms with Crippen LogP contribution < -0.4 is 10.6 Å². The molecule has 0 bridgehead atoms. The summed E-state index contributed by atoms with van der Waals surface area (Å²) in [6.07, 6.45) is 0.256. The van der Waals surface area contributed by atoms with Crippen LogP contribution >= 0.6 is 34.7 Å². The Hall–Kier alpha value is -1.57. The minimum Gasteiger partial charge on any atom is -0.354 e. The van der Waals surface area contributed by atoms with Crippen molar-refractivity contribution in [2.75, 3.05) is 11.1 Å². The van der Waals surface area contributed by atoms with E-state index in [0.717, 1.165) is 10.0 Å². The first-order valence-electron chi connectivity index (χ1n) is 7.34. The van der Waals surface area contributed by atoms with E-state index in [0.29, 0.717) is 10.7 Å². The van der Waals surface area contributed by atoms with Crippen molar-refractivity contribution in [3.63, 3.8) is 0 Å². The van der Waals surface area contributed by atoms with Crippen molar-refractivity contribution in [3.8, 4) is 0 Å². The summed E-state index contributed by atoms with van der Waals surface area (Å²) in [5, 5.41) is 8.09. The number of carbonyl (C=O) groups is 2. The van der Waals surface area contributed by atoms with Crippen LogP contribution in [-0.2, 0) is 16.0 Å². The molecule has 2 aromatic rings. The summed E-state index contributed by atoms with van der Waals surface area (Å²) in [5.41, 5.74) is 1.42. The van der Waals surface area contributed by atoms with Gasteiger partial charge in [0.2, 0.25) is 11.8 Å². The zero-order chi connectivity index (χ0) is 17.5. The molecule has 2 rings (SSSR count). The van der Waals surface area contributed by atoms with Crippen molar-refractivity contribution in [1.29, 1.82) is 0 Å². The number of amides is 2. The first-order chi connectivity index (χ1) is 11.4. The number of aromatic nitrogens is 1. The van der Waals surface area contributed by atoms with Gasteiger partial charge in [-0.15, -0.1) is 11.3 Å². The third-order valence-electron chi connectivity index (χ3n) is 2.78. The van der Waals surface area contributed by atoms with E-state index < -0.39 is 0 Å². The quantitative estimate of drug-likeness (QED) is 0.716. The summed E-state index contributed by atoms with van der Waals surface area (Å²) in [6.45, 7) is 3.83. The van der Waals surface area contributed by atoms with E-state index in [4.69, 9.17) is 11.6 Å². The van der Waals surface area contributed by atoms with E-state index in [1.54, 1.807) is 24.3 Å². The third-order valence-corrected chi connectivity index (χ3v) is 5.10. The Kier molecular flexibility index (Phi) is 7.08. The van der Waals surface area contributed by atoms with E-state index in [2.05, 4.69) is 15.6 Å². The highest BCUT2D eigenvalue weighted by molar-refractivity contribution is 8.01. The van der Waals surface area contributed by atoms with Crippen molar-refractivity contribution in [1.82, 2.24) is 10.3 Å². The molecule has 8 heteroatoms. The Labute approximate surface area is 154 Å². The Morgan fingerprint density at radius 2 is 1.96 bits per heavy atom. The maximum absolute atomic E-state index is 11.9. The van der Waals surface area contributed by atoms with Crippen LogP contribution in [0, 0.1) is 0 Å². The van der Waals surface area contributed by atoms with Gasteiger partial charge in [-0.25, -0.2) is 4.98 Å². The fourth-order valence-corrected chi connectivity index (χ4v) is 3.60. The predicted octanol–water partition coefficient (Wildman–Crippen LogP) is 3.59. The van der Waals surface area contributed by atoms with Crippen molar-refractivity contribution in [3.05, 3.63) is 40.4 Å². The molecule has 0 aliphatic heterocycles. The molecule has 0 aliphatic carbocycles. The van der Waals surface area contributed by atoms with Gasteiger partial charge in [0.15, 0.2) is 4.34 Å². The summed E-state index contributed by atoms with van der Waals surface area (Å²) in [6, 6.07) is 7.06. The lowest BCUT2D eigenvalue weighted by Crippen LogP contribution is -2.31. The van der Waals surface area contributed by atoms with E-state index in [1.165, 1.54) is 23.1 Å². The number of thioether (sulfide) groups is 1. The van der Waals surface area contributed by atoms with Gasteiger partial charge in [0.05, 0.1) is 17.9 Å². The molecule has 0 saturated carbocycles. The van der Waals surface area contributed by atoms with Crippen LogP contribution in [0.1, 0.15) is 19.5 Å². The maximum atomic E-state index is 11.9. The van der Waals surface area contributed by atoms with Gasteiger partial charge < -0.3 is 10.6 Å². The molecule has 2 amide bonds. The fraction of sp³-hybridized carbons (Fsp3) is 0.312. The molecule has 24 heavy (non-hydrogen) atoms. The molecule has 0 radical (unpaired) electrons. The Balaban J connectivity index is 1.79. The number of hydrogen-bond acceptors (Lipinski definition) is 5. The van der Waals surface area contributed by atoms with Crippen molar-refractivity contribution >= 4 is 52.2 Å². The number of nitrogens with one attached hydrogen (secondary N) is 2. The van der Waals surface area contributed by atoms with Gasteiger partial charge >= 0.3 is 0 Å². The first-order valence-corrected chi connectivity index (χ1v) is 9.58. The topological polar surface area (TPSA) is 71.1 Å². The molecule has 0 atom stereocenters. The van der Waals surface area contributed by atoms with Gasteiger partial charge in [0, 0.05) is 22.1 Å². The average Bonchev–Trinajstić information content (AvgIpc) is 2.94. The van der Waals surface area contributed by atoms with Gasteiger partial charge in [-0.3, -0.25) is 9.59 Å². The molecule has 0 fully saturated rings. The molecular weight excluding hydrogens is 366 g/mol. The van der Waals surface area contributed by atoms with Crippen LogP contribution in [0.2, 0.25) is 5.02 Å². The molecular formula is C16H18ClN3O2S2. The molecule has 0 saturated heterocycles. The molecule has 1 aromatic carbocycles. The minimum absolute atomic E-state index is 0.0488. The van der Waals surface area contributed by atoms with Crippen LogP contribution in [0.4, 0.5) is 5.69 Å². The zero-order valence-electron chi connectivity index (χ0n) is 13.3. The van der Waals surface area contributed by atoms with Gasteiger partial charge in [0.1, 0.15) is 0 Å². The molecule has 5 nitrogen and oxygen atoms in total. The summed E-state index contributed by atoms with van der Waals surface area (Å²) >= 11 is 8.59. The summed E-state index contributed by atoms with van der Waals surface area (Å²) < 4.78 is 0.772. The number of anilines is 1. The van der Waals surface area contributed by atoms with Crippen LogP contribution in [0.5, 0.6) is 0 Å². The summed E-state index contributed by atoms with van der Waals surface area (Å²) in [4.78, 5) is 28.0. The Bertz CT molecular complexity index is 702. The lowest BCUT2D eigenvalue weighted by atomic mass is 10.3. The Morgan fingerprint density at radius 3 is 2.62 bits per heavy atom. The van der Waals surface area contributed by atoms with Crippen LogP contribution in [-0.4, -0.2) is 28.6 Å². The highest BCUT2D eigenvalue weighted by Gasteiger charge is 2.10. The van der Waals surface area contributed by atoms with Crippen molar-refractivity contribution < 1.29 is 9.59 Å². The molecule has 0 aliphatic rings. The average molecular weight is 384 g/mol. The van der Waals surface area contributed by atoms with Gasteiger partial charge in [-0.1, -0.05) is 23.4 Å². The van der Waals surface area contributed by atoms with E-state index in [-0.39, 0.29) is 30.0 Å². The molecule has 1 heterocycles. The summed E-state index contributed by atoms with van der Waals surface area (Å²) in [7, 11) is 0. The summed E-state index contributed by atoms with van der Waals surface area (Å²) in [5.74, 6) is 0.0947. The standard InChI is InChI=1S/C16H18ClN3O2S2/c1-10(2)18-14(21)7-13-8-23-16(20-13)24-9-15(22)19-12-5-3-11(17)4-6-12/h3-6,8,10H,7,9H2,1-2H3,(H,18,21)(H,19,22). The molecule has 128 valence electrons. The zero-order valence-corrected chi connectivity index (χ0v) is 15.7. The molecule has 0 unspecified atom stereocenters. The number of thiazole rings is 1. The SMILES string of the molecule is CC(C)NC(=O)Cc1csc(SCC(=O)Nc2ccc(Cl)cc2)n1. The molecule has 2 N–H and O–H groups in total. The minimum atomic E-state index is -0.114. The van der Waals surface area contributed by atoms with Gasteiger partial charge in [-0.05, 0) is 38.1 Å². The first kappa shape index (κ1) is 18.8. The van der Waals surface area contributed by atoms with Gasteiger partial charge in [0.25, 0.3) is 0 Å². The number of rotatable bonds is 7. The lowest BCUT2D eigenvalue weighted by molar-refractivity contribution is -0.121. The predicted molar refractivity (Wildman–Crippen MR) is 99.9 cm³/mol. The number of carbonyl (C=O) groups excluding carboxylic acids is 2. The normalized spacial score (nSPS) is 10.7. The van der Waals surface area contributed by atoms with E-state index in [9.17, 15) is 9.59 Å². The molecule has 1 aromatic heterocycles. The third kappa shape index (κ3) is 6.51. The van der Waals surface area contributed by atoms with Crippen LogP contribution in [0.3, 0.4) is 0 Å². The van der Waals surface area contributed by atoms with Crippen LogP contribution in [0.25, 0.3) is 0 Å². The monoisotopic (exact) mass is 383 g/mol. The number of nitrogens with zero attached hydrogens (tertiary/aromatic N) is 1. The largest absolute Gasteiger partial charge is 0.354 e. The second kappa shape index (κ2) is 9.05. The van der Waals surface area contributed by atoms with Crippen molar-refractivity contribution in [2.24, 2.45) is 0 Å². The highest BCUT2D eigenvalue weighted by atomic mass is 35.5.